The van der Waals surface area contributed by atoms with E-state index in [1.165, 1.54) is 244 Å². The van der Waals surface area contributed by atoms with E-state index < -0.39 is 0 Å². The first kappa shape index (κ1) is 53.3. The maximum absolute atomic E-state index is 13.4. The zero-order valence-corrected chi connectivity index (χ0v) is 37.9. The first-order valence-electron chi connectivity index (χ1n) is 25.7. The third-order valence-corrected chi connectivity index (χ3v) is 12.4. The van der Waals surface area contributed by atoms with Gasteiger partial charge in [0.2, 0.25) is 0 Å². The minimum atomic E-state index is -0.309. The van der Waals surface area contributed by atoms with Crippen molar-refractivity contribution in [2.24, 2.45) is 5.92 Å². The Morgan fingerprint density at radius 3 is 0.611 bits per heavy atom. The van der Waals surface area contributed by atoms with Gasteiger partial charge in [-0.25, -0.2) is 0 Å². The Hall–Kier alpha value is -0.660. The second kappa shape index (κ2) is 46.7. The summed E-state index contributed by atoms with van der Waals surface area (Å²) in [4.78, 5) is 26.8. The average Bonchev–Trinajstić information content (AvgIpc) is 3.17. The highest BCUT2D eigenvalue weighted by molar-refractivity contribution is 6.02. The van der Waals surface area contributed by atoms with Gasteiger partial charge in [-0.15, -0.1) is 0 Å². The van der Waals surface area contributed by atoms with Gasteiger partial charge in [-0.2, -0.15) is 0 Å². The van der Waals surface area contributed by atoms with Crippen LogP contribution in [0.15, 0.2) is 0 Å². The molecule has 0 aliphatic carbocycles. The van der Waals surface area contributed by atoms with Gasteiger partial charge in [0, 0.05) is 12.8 Å². The number of rotatable bonds is 48. The van der Waals surface area contributed by atoms with E-state index in [4.69, 9.17) is 0 Å². The summed E-state index contributed by atoms with van der Waals surface area (Å²) in [5.41, 5.74) is 0. The third kappa shape index (κ3) is 41.0. The molecular formula is C52H102O2. The van der Waals surface area contributed by atoms with Crippen molar-refractivity contribution in [2.45, 2.75) is 316 Å². The second-order valence-electron chi connectivity index (χ2n) is 17.9. The summed E-state index contributed by atoms with van der Waals surface area (Å²) in [7, 11) is 0. The number of carbonyl (C=O) groups excluding carboxylic acids is 2. The molecule has 0 amide bonds. The van der Waals surface area contributed by atoms with Crippen molar-refractivity contribution in [3.8, 4) is 0 Å². The Morgan fingerprint density at radius 2 is 0.407 bits per heavy atom. The Labute approximate surface area is 342 Å². The van der Waals surface area contributed by atoms with Gasteiger partial charge in [-0.1, -0.05) is 284 Å². The van der Waals surface area contributed by atoms with Gasteiger partial charge in [0.15, 0.2) is 0 Å². The molecule has 0 unspecified atom stereocenters. The van der Waals surface area contributed by atoms with Crippen LogP contribution in [0.1, 0.15) is 316 Å². The molecule has 2 heteroatoms. The first-order chi connectivity index (χ1) is 26.7. The molecule has 54 heavy (non-hydrogen) atoms. The third-order valence-electron chi connectivity index (χ3n) is 12.4. The van der Waals surface area contributed by atoms with Crippen molar-refractivity contribution < 1.29 is 9.59 Å². The van der Waals surface area contributed by atoms with Crippen LogP contribution in [0, 0.1) is 5.92 Å². The molecule has 0 saturated heterocycles. The number of unbranched alkanes of at least 4 members (excludes halogenated alkanes) is 40. The molecule has 0 aromatic carbocycles. The molecule has 0 N–H and O–H groups in total. The summed E-state index contributed by atoms with van der Waals surface area (Å²) in [6.45, 7) is 6.88. The van der Waals surface area contributed by atoms with Crippen molar-refractivity contribution in [3.63, 3.8) is 0 Å². The van der Waals surface area contributed by atoms with Crippen LogP contribution in [-0.4, -0.2) is 11.6 Å². The van der Waals surface area contributed by atoms with Crippen molar-refractivity contribution in [3.05, 3.63) is 0 Å². The van der Waals surface area contributed by atoms with Crippen molar-refractivity contribution in [1.82, 2.24) is 0 Å². The predicted molar refractivity (Wildman–Crippen MR) is 243 cm³/mol. The lowest BCUT2D eigenvalue weighted by atomic mass is 9.87. The maximum atomic E-state index is 13.4. The molecule has 0 heterocycles. The first-order valence-corrected chi connectivity index (χ1v) is 25.7. The highest BCUT2D eigenvalue weighted by Gasteiger charge is 2.24. The van der Waals surface area contributed by atoms with E-state index in [1.807, 2.05) is 0 Å². The van der Waals surface area contributed by atoms with E-state index >= 15 is 0 Å². The fourth-order valence-corrected chi connectivity index (χ4v) is 8.56. The van der Waals surface area contributed by atoms with E-state index in [2.05, 4.69) is 20.8 Å². The van der Waals surface area contributed by atoms with Crippen LogP contribution in [0.5, 0.6) is 0 Å². The van der Waals surface area contributed by atoms with E-state index in [0.717, 1.165) is 38.5 Å². The topological polar surface area (TPSA) is 34.1 Å². The van der Waals surface area contributed by atoms with Crippen molar-refractivity contribution >= 4 is 11.6 Å². The summed E-state index contributed by atoms with van der Waals surface area (Å²) in [5, 5.41) is 0. The lowest BCUT2D eigenvalue weighted by Crippen LogP contribution is -2.24. The molecule has 0 aliphatic rings. The molecule has 0 fully saturated rings. The number of Topliss-reactive ketones (excluding diaryl/α,β-unsaturated/α-hetero) is 2. The fraction of sp³-hybridized carbons (Fsp3) is 0.962. The van der Waals surface area contributed by atoms with Crippen molar-refractivity contribution in [1.29, 1.82) is 0 Å². The molecule has 0 atom stereocenters. The molecule has 0 aromatic rings. The zero-order valence-electron chi connectivity index (χ0n) is 37.9. The van der Waals surface area contributed by atoms with Gasteiger partial charge in [0.25, 0.3) is 0 Å². The van der Waals surface area contributed by atoms with Crippen LogP contribution in [0.3, 0.4) is 0 Å². The Balaban J connectivity index is 4.20. The number of hydrogen-bond donors (Lipinski definition) is 0. The normalized spacial score (nSPS) is 11.6. The zero-order chi connectivity index (χ0) is 39.3. The molecule has 0 bridgehead atoms. The standard InChI is InChI=1S/C52H102O2/c1-4-7-10-13-16-19-22-25-27-30-33-36-39-42-45-48-51(53)50(47-44-41-38-35-32-29-24-21-18-15-12-9-6-3)52(54)49-46-43-40-37-34-31-28-26-23-20-17-14-11-8-5-2/h50H,4-49H2,1-3H3. The van der Waals surface area contributed by atoms with E-state index in [0.29, 0.717) is 12.8 Å². The lowest BCUT2D eigenvalue weighted by molar-refractivity contribution is -0.133. The summed E-state index contributed by atoms with van der Waals surface area (Å²) < 4.78 is 0. The molecule has 0 rings (SSSR count). The molecule has 0 spiro atoms. The van der Waals surface area contributed by atoms with Crippen LogP contribution in [0.2, 0.25) is 0 Å². The number of ketones is 2. The summed E-state index contributed by atoms with van der Waals surface area (Å²) in [5.74, 6) is 0.236. The molecule has 2 nitrogen and oxygen atoms in total. The van der Waals surface area contributed by atoms with E-state index in [9.17, 15) is 9.59 Å². The van der Waals surface area contributed by atoms with E-state index in [-0.39, 0.29) is 17.5 Å². The molecule has 0 radical (unpaired) electrons. The van der Waals surface area contributed by atoms with Gasteiger partial charge in [-0.3, -0.25) is 9.59 Å². The average molecular weight is 759 g/mol. The van der Waals surface area contributed by atoms with Gasteiger partial charge >= 0.3 is 0 Å². The molecular weight excluding hydrogens is 657 g/mol. The van der Waals surface area contributed by atoms with Crippen LogP contribution < -0.4 is 0 Å². The van der Waals surface area contributed by atoms with Gasteiger partial charge in [0.05, 0.1) is 5.92 Å². The lowest BCUT2D eigenvalue weighted by Gasteiger charge is -2.15. The molecule has 0 aliphatic heterocycles. The van der Waals surface area contributed by atoms with Gasteiger partial charge in [-0.05, 0) is 19.3 Å². The van der Waals surface area contributed by atoms with E-state index in [1.54, 1.807) is 0 Å². The summed E-state index contributed by atoms with van der Waals surface area (Å²) >= 11 is 0. The molecule has 322 valence electrons. The molecule has 0 saturated carbocycles. The van der Waals surface area contributed by atoms with Crippen LogP contribution >= 0.6 is 0 Å². The van der Waals surface area contributed by atoms with Crippen LogP contribution in [-0.2, 0) is 9.59 Å². The SMILES string of the molecule is CCCCCCCCCCCCCCCCCC(=O)C(CCCCCCCCCCCCCCC)C(=O)CCCCCCCCCCCCCCCCC. The van der Waals surface area contributed by atoms with Crippen LogP contribution in [0.4, 0.5) is 0 Å². The Kier molecular flexibility index (Phi) is 46.1. The Bertz CT molecular complexity index is 682. The highest BCUT2D eigenvalue weighted by Crippen LogP contribution is 2.22. The Morgan fingerprint density at radius 1 is 0.241 bits per heavy atom. The number of carbonyl (C=O) groups is 2. The smallest absolute Gasteiger partial charge is 0.143 e. The largest absolute Gasteiger partial charge is 0.299 e. The summed E-state index contributed by atoms with van der Waals surface area (Å²) in [6, 6.07) is 0. The monoisotopic (exact) mass is 759 g/mol. The second-order valence-corrected chi connectivity index (χ2v) is 17.9. The highest BCUT2D eigenvalue weighted by atomic mass is 16.1. The van der Waals surface area contributed by atoms with Gasteiger partial charge in [0.1, 0.15) is 11.6 Å². The van der Waals surface area contributed by atoms with Crippen molar-refractivity contribution in [2.75, 3.05) is 0 Å². The van der Waals surface area contributed by atoms with Crippen LogP contribution in [0.25, 0.3) is 0 Å². The quantitative estimate of drug-likeness (QED) is 0.0457. The number of hydrogen-bond acceptors (Lipinski definition) is 2. The minimum absolute atomic E-state index is 0.273. The fourth-order valence-electron chi connectivity index (χ4n) is 8.56. The summed E-state index contributed by atoms with van der Waals surface area (Å²) in [6.07, 6.45) is 59.7. The van der Waals surface area contributed by atoms with Gasteiger partial charge < -0.3 is 0 Å². The molecule has 0 aromatic heterocycles. The predicted octanol–water partition coefficient (Wildman–Crippen LogP) is 18.7. The maximum Gasteiger partial charge on any atom is 0.143 e. The minimum Gasteiger partial charge on any atom is -0.299 e.